The van der Waals surface area contributed by atoms with E-state index in [-0.39, 0.29) is 5.56 Å². The number of aryl methyl sites for hydroxylation is 1. The average Bonchev–Trinajstić information content (AvgIpc) is 3.40. The van der Waals surface area contributed by atoms with E-state index in [1.165, 1.54) is 18.3 Å². The van der Waals surface area contributed by atoms with Crippen LogP contribution in [0, 0.1) is 6.92 Å². The van der Waals surface area contributed by atoms with Gasteiger partial charge in [-0.2, -0.15) is 0 Å². The van der Waals surface area contributed by atoms with E-state index in [2.05, 4.69) is 47.2 Å². The molecule has 3 aromatic heterocycles. The van der Waals surface area contributed by atoms with Gasteiger partial charge in [-0.1, -0.05) is 11.3 Å². The lowest BCUT2D eigenvalue weighted by Gasteiger charge is -2.33. The Morgan fingerprint density at radius 3 is 2.62 bits per heavy atom. The number of ether oxygens (including phenoxy) is 1. The lowest BCUT2D eigenvalue weighted by Crippen LogP contribution is -2.44. The molecule has 1 aliphatic rings. The smallest absolute Gasteiger partial charge is 0.406 e. The number of alkyl halides is 3. The number of carbonyl (C=O) groups excluding carboxylic acids is 1. The molecule has 4 heterocycles. The third kappa shape index (κ3) is 6.32. The highest BCUT2D eigenvalue weighted by atomic mass is 19.4. The summed E-state index contributed by atoms with van der Waals surface area (Å²) in [5, 5.41) is 11.2. The van der Waals surface area contributed by atoms with Crippen LogP contribution in [0.4, 0.5) is 24.5 Å². The maximum atomic E-state index is 12.7. The molecule has 0 radical (unpaired) electrons. The highest BCUT2D eigenvalue weighted by Gasteiger charge is 2.31. The lowest BCUT2D eigenvalue weighted by atomic mass is 10.2. The number of nitrogens with zero attached hydrogens (tertiary/aromatic N) is 7. The lowest BCUT2D eigenvalue weighted by molar-refractivity contribution is -0.274. The summed E-state index contributed by atoms with van der Waals surface area (Å²) in [6.45, 7) is 5.57. The number of rotatable bonds is 6. The van der Waals surface area contributed by atoms with E-state index in [0.717, 1.165) is 49.6 Å². The van der Waals surface area contributed by atoms with Gasteiger partial charge in [-0.25, -0.2) is 4.68 Å². The SMILES string of the molecule is Cc1ncc(NC(=O)c2cccc(OC(F)(F)F)c2)cc1-n1cc(-c2cncc(N3CCN(C)CC3)c2)nn1. The molecule has 0 aliphatic carbocycles. The first-order valence-electron chi connectivity index (χ1n) is 12.1. The summed E-state index contributed by atoms with van der Waals surface area (Å²) in [7, 11) is 2.10. The molecule has 0 bridgehead atoms. The molecular formula is C26H25F3N8O2. The average molecular weight is 539 g/mol. The number of likely N-dealkylation sites (N-methyl/N-ethyl adjacent to an activating group) is 1. The summed E-state index contributed by atoms with van der Waals surface area (Å²) < 4.78 is 43.1. The molecule has 0 spiro atoms. The minimum absolute atomic E-state index is 0.00495. The van der Waals surface area contributed by atoms with Crippen LogP contribution in [0.25, 0.3) is 16.9 Å². The number of pyridine rings is 2. The molecule has 202 valence electrons. The van der Waals surface area contributed by atoms with E-state index in [9.17, 15) is 18.0 Å². The zero-order chi connectivity index (χ0) is 27.6. The molecule has 39 heavy (non-hydrogen) atoms. The van der Waals surface area contributed by atoms with Crippen molar-refractivity contribution in [2.75, 3.05) is 43.4 Å². The number of hydrogen-bond donors (Lipinski definition) is 1. The molecule has 13 heteroatoms. The van der Waals surface area contributed by atoms with E-state index >= 15 is 0 Å². The van der Waals surface area contributed by atoms with Gasteiger partial charge in [0.15, 0.2) is 0 Å². The summed E-state index contributed by atoms with van der Waals surface area (Å²) in [5.41, 5.74) is 3.98. The van der Waals surface area contributed by atoms with Crippen LogP contribution in [0.1, 0.15) is 16.1 Å². The van der Waals surface area contributed by atoms with Crippen LogP contribution in [0.2, 0.25) is 0 Å². The number of piperazine rings is 1. The maximum absolute atomic E-state index is 12.7. The van der Waals surface area contributed by atoms with Crippen molar-refractivity contribution in [1.29, 1.82) is 0 Å². The number of aromatic nitrogens is 5. The molecule has 1 N–H and O–H groups in total. The van der Waals surface area contributed by atoms with Crippen LogP contribution in [-0.4, -0.2) is 75.4 Å². The highest BCUT2D eigenvalue weighted by molar-refractivity contribution is 6.04. The minimum atomic E-state index is -4.86. The summed E-state index contributed by atoms with van der Waals surface area (Å²) >= 11 is 0. The van der Waals surface area contributed by atoms with Crippen molar-refractivity contribution in [1.82, 2.24) is 29.9 Å². The van der Waals surface area contributed by atoms with Crippen LogP contribution >= 0.6 is 0 Å². The molecule has 0 saturated carbocycles. The van der Waals surface area contributed by atoms with Gasteiger partial charge in [-0.15, -0.1) is 18.3 Å². The van der Waals surface area contributed by atoms with Gasteiger partial charge in [0, 0.05) is 43.5 Å². The Balaban J connectivity index is 1.33. The summed E-state index contributed by atoms with van der Waals surface area (Å²) in [5.74, 6) is -1.11. The van der Waals surface area contributed by atoms with E-state index in [1.54, 1.807) is 30.1 Å². The van der Waals surface area contributed by atoms with E-state index in [4.69, 9.17) is 0 Å². The number of carbonyl (C=O) groups is 1. The van der Waals surface area contributed by atoms with Gasteiger partial charge >= 0.3 is 6.36 Å². The number of hydrogen-bond acceptors (Lipinski definition) is 8. The monoisotopic (exact) mass is 538 g/mol. The second-order valence-corrected chi connectivity index (χ2v) is 9.13. The first-order chi connectivity index (χ1) is 18.6. The predicted molar refractivity (Wildman–Crippen MR) is 138 cm³/mol. The molecule has 0 unspecified atom stereocenters. The Morgan fingerprint density at radius 2 is 1.85 bits per heavy atom. The summed E-state index contributed by atoms with van der Waals surface area (Å²) in [6, 6.07) is 8.51. The Hall–Kier alpha value is -4.52. The van der Waals surface area contributed by atoms with Crippen molar-refractivity contribution in [3.05, 3.63) is 72.4 Å². The van der Waals surface area contributed by atoms with Crippen molar-refractivity contribution >= 4 is 17.3 Å². The molecule has 0 atom stereocenters. The molecule has 1 aliphatic heterocycles. The Labute approximate surface area is 222 Å². The molecule has 10 nitrogen and oxygen atoms in total. The predicted octanol–water partition coefficient (Wildman–Crippen LogP) is 3.94. The molecule has 1 fully saturated rings. The maximum Gasteiger partial charge on any atom is 0.573 e. The number of amides is 1. The standard InChI is InChI=1S/C26H25F3N8O2/c1-17-24(12-20(14-31-17)32-25(38)18-4-3-5-22(11-18)39-26(27,28)29)37-16-23(33-34-37)19-10-21(15-30-13-19)36-8-6-35(2)7-9-36/h3-5,10-16H,6-9H2,1-2H3,(H,32,38). The van der Waals surface area contributed by atoms with Crippen LogP contribution in [-0.2, 0) is 0 Å². The Kier molecular flexibility index (Phi) is 7.15. The van der Waals surface area contributed by atoms with Gasteiger partial charge in [-0.05, 0) is 44.3 Å². The number of anilines is 2. The van der Waals surface area contributed by atoms with Gasteiger partial charge < -0.3 is 19.9 Å². The Bertz CT molecular complexity index is 1480. The Morgan fingerprint density at radius 1 is 1.05 bits per heavy atom. The highest BCUT2D eigenvalue weighted by Crippen LogP contribution is 2.26. The van der Waals surface area contributed by atoms with Gasteiger partial charge in [0.2, 0.25) is 0 Å². The fourth-order valence-corrected chi connectivity index (χ4v) is 4.18. The first-order valence-corrected chi connectivity index (χ1v) is 12.1. The first kappa shape index (κ1) is 26.1. The minimum Gasteiger partial charge on any atom is -0.406 e. The third-order valence-electron chi connectivity index (χ3n) is 6.28. The summed E-state index contributed by atoms with van der Waals surface area (Å²) in [6.07, 6.45) is 1.91. The second-order valence-electron chi connectivity index (χ2n) is 9.13. The molecule has 5 rings (SSSR count). The molecule has 1 saturated heterocycles. The van der Waals surface area contributed by atoms with Gasteiger partial charge in [0.25, 0.3) is 5.91 Å². The second kappa shape index (κ2) is 10.7. The van der Waals surface area contributed by atoms with Crippen molar-refractivity contribution in [3.8, 4) is 22.7 Å². The largest absolute Gasteiger partial charge is 0.573 e. The van der Waals surface area contributed by atoms with E-state index in [0.29, 0.717) is 22.8 Å². The fraction of sp³-hybridized carbons (Fsp3) is 0.269. The molecular weight excluding hydrogens is 513 g/mol. The van der Waals surface area contributed by atoms with Crippen molar-refractivity contribution < 1.29 is 22.7 Å². The normalized spacial score (nSPS) is 14.3. The van der Waals surface area contributed by atoms with Gasteiger partial charge in [-0.3, -0.25) is 14.8 Å². The zero-order valence-electron chi connectivity index (χ0n) is 21.2. The quantitative estimate of drug-likeness (QED) is 0.394. The van der Waals surface area contributed by atoms with Crippen molar-refractivity contribution in [3.63, 3.8) is 0 Å². The number of nitrogens with one attached hydrogen (secondary N) is 1. The van der Waals surface area contributed by atoms with Crippen LogP contribution in [0.5, 0.6) is 5.75 Å². The summed E-state index contributed by atoms with van der Waals surface area (Å²) in [4.78, 5) is 26.0. The third-order valence-corrected chi connectivity index (χ3v) is 6.28. The number of halogens is 3. The fourth-order valence-electron chi connectivity index (χ4n) is 4.18. The molecule has 4 aromatic rings. The van der Waals surface area contributed by atoms with Crippen LogP contribution in [0.15, 0.2) is 61.2 Å². The van der Waals surface area contributed by atoms with E-state index in [1.807, 2.05) is 12.3 Å². The van der Waals surface area contributed by atoms with Crippen LogP contribution in [0.3, 0.4) is 0 Å². The van der Waals surface area contributed by atoms with E-state index < -0.39 is 18.0 Å². The number of benzene rings is 1. The topological polar surface area (TPSA) is 101 Å². The van der Waals surface area contributed by atoms with Crippen molar-refractivity contribution in [2.45, 2.75) is 13.3 Å². The molecule has 1 aromatic carbocycles. The van der Waals surface area contributed by atoms with Gasteiger partial charge in [0.1, 0.15) is 11.4 Å². The van der Waals surface area contributed by atoms with Crippen molar-refractivity contribution in [2.24, 2.45) is 0 Å². The van der Waals surface area contributed by atoms with Crippen LogP contribution < -0.4 is 15.0 Å². The zero-order valence-corrected chi connectivity index (χ0v) is 21.2. The van der Waals surface area contributed by atoms with Gasteiger partial charge in [0.05, 0.1) is 41.3 Å². The molecule has 1 amide bonds.